The Bertz CT molecular complexity index is 481. The van der Waals surface area contributed by atoms with Crippen LogP contribution in [0.3, 0.4) is 0 Å². The highest BCUT2D eigenvalue weighted by atomic mass is 32.1. The van der Waals surface area contributed by atoms with E-state index < -0.39 is 0 Å². The number of nitrogens with one attached hydrogen (secondary N) is 2. The average Bonchev–Trinajstić information content (AvgIpc) is 3.03. The molecule has 0 radical (unpaired) electrons. The first-order valence-corrected chi connectivity index (χ1v) is 10.2. The van der Waals surface area contributed by atoms with Gasteiger partial charge < -0.3 is 15.4 Å². The van der Waals surface area contributed by atoms with Gasteiger partial charge in [0.15, 0.2) is 5.96 Å². The van der Waals surface area contributed by atoms with Gasteiger partial charge in [0.2, 0.25) is 0 Å². The molecule has 2 N–H and O–H groups in total. The molecule has 1 aliphatic rings. The third kappa shape index (κ3) is 7.67. The molecule has 0 amide bonds. The van der Waals surface area contributed by atoms with Crippen molar-refractivity contribution < 1.29 is 4.74 Å². The van der Waals surface area contributed by atoms with Crippen LogP contribution in [0.4, 0.5) is 0 Å². The SMILES string of the molecule is CN=C(NCCCCCOC1CCCCC1)NCc1ccc(C)s1. The summed E-state index contributed by atoms with van der Waals surface area (Å²) in [6, 6.07) is 4.33. The number of aryl methyl sites for hydroxylation is 1. The van der Waals surface area contributed by atoms with Crippen LogP contribution in [0.2, 0.25) is 0 Å². The molecule has 5 heteroatoms. The van der Waals surface area contributed by atoms with Crippen molar-refractivity contribution in [1.29, 1.82) is 0 Å². The molecule has 1 aromatic rings. The number of guanidine groups is 1. The average molecular weight is 352 g/mol. The minimum absolute atomic E-state index is 0.542. The van der Waals surface area contributed by atoms with Crippen molar-refractivity contribution in [3.63, 3.8) is 0 Å². The van der Waals surface area contributed by atoms with Gasteiger partial charge in [-0.1, -0.05) is 19.3 Å². The van der Waals surface area contributed by atoms with E-state index in [1.807, 2.05) is 18.4 Å². The Morgan fingerprint density at radius 1 is 1.17 bits per heavy atom. The van der Waals surface area contributed by atoms with Gasteiger partial charge in [0, 0.05) is 30.0 Å². The van der Waals surface area contributed by atoms with Crippen LogP contribution in [0.5, 0.6) is 0 Å². The summed E-state index contributed by atoms with van der Waals surface area (Å²) in [4.78, 5) is 6.97. The number of thiophene rings is 1. The molecule has 0 saturated heterocycles. The molecule has 0 spiro atoms. The normalized spacial score (nSPS) is 16.3. The molecule has 1 aliphatic carbocycles. The predicted molar refractivity (Wildman–Crippen MR) is 104 cm³/mol. The fourth-order valence-corrected chi connectivity index (χ4v) is 3.89. The van der Waals surface area contributed by atoms with Crippen LogP contribution in [0, 0.1) is 6.92 Å². The van der Waals surface area contributed by atoms with Crippen molar-refractivity contribution in [1.82, 2.24) is 10.6 Å². The smallest absolute Gasteiger partial charge is 0.191 e. The van der Waals surface area contributed by atoms with Crippen molar-refractivity contribution in [2.75, 3.05) is 20.2 Å². The van der Waals surface area contributed by atoms with Gasteiger partial charge in [0.25, 0.3) is 0 Å². The van der Waals surface area contributed by atoms with Gasteiger partial charge in [-0.2, -0.15) is 0 Å². The molecular weight excluding hydrogens is 318 g/mol. The van der Waals surface area contributed by atoms with Gasteiger partial charge in [-0.05, 0) is 51.2 Å². The fraction of sp³-hybridized carbons (Fsp3) is 0.737. The zero-order valence-corrected chi connectivity index (χ0v) is 16.1. The predicted octanol–water partition coefficient (Wildman–Crippen LogP) is 4.24. The van der Waals surface area contributed by atoms with Crippen LogP contribution in [-0.2, 0) is 11.3 Å². The van der Waals surface area contributed by atoms with Crippen LogP contribution in [0.25, 0.3) is 0 Å². The fourth-order valence-electron chi connectivity index (χ4n) is 3.06. The third-order valence-electron chi connectivity index (χ3n) is 4.47. The largest absolute Gasteiger partial charge is 0.378 e. The van der Waals surface area contributed by atoms with Crippen LogP contribution in [0.15, 0.2) is 17.1 Å². The molecule has 4 nitrogen and oxygen atoms in total. The maximum atomic E-state index is 5.97. The van der Waals surface area contributed by atoms with Crippen LogP contribution < -0.4 is 10.6 Å². The molecule has 136 valence electrons. The van der Waals surface area contributed by atoms with E-state index in [-0.39, 0.29) is 0 Å². The van der Waals surface area contributed by atoms with Crippen molar-refractivity contribution in [2.45, 2.75) is 70.9 Å². The lowest BCUT2D eigenvalue weighted by Crippen LogP contribution is -2.37. The van der Waals surface area contributed by atoms with E-state index >= 15 is 0 Å². The number of rotatable bonds is 9. The number of ether oxygens (including phenoxy) is 1. The Labute approximate surface area is 151 Å². The van der Waals surface area contributed by atoms with Crippen LogP contribution in [0.1, 0.15) is 61.1 Å². The molecular formula is C19H33N3OS. The molecule has 1 aromatic heterocycles. The van der Waals surface area contributed by atoms with Crippen molar-refractivity contribution in [3.8, 4) is 0 Å². The second-order valence-electron chi connectivity index (χ2n) is 6.56. The molecule has 1 saturated carbocycles. The van der Waals surface area contributed by atoms with Gasteiger partial charge in [-0.15, -0.1) is 11.3 Å². The first kappa shape index (κ1) is 19.3. The molecule has 0 atom stereocenters. The van der Waals surface area contributed by atoms with E-state index in [4.69, 9.17) is 4.74 Å². The second kappa shape index (κ2) is 11.5. The number of nitrogens with zero attached hydrogens (tertiary/aromatic N) is 1. The number of hydrogen-bond donors (Lipinski definition) is 2. The summed E-state index contributed by atoms with van der Waals surface area (Å²) in [6.07, 6.45) is 10.7. The van der Waals surface area contributed by atoms with E-state index in [1.54, 1.807) is 0 Å². The highest BCUT2D eigenvalue weighted by molar-refractivity contribution is 7.11. The molecule has 0 aliphatic heterocycles. The Kier molecular flexibility index (Phi) is 9.21. The molecule has 2 rings (SSSR count). The summed E-state index contributed by atoms with van der Waals surface area (Å²) in [6.45, 7) is 4.87. The summed E-state index contributed by atoms with van der Waals surface area (Å²) in [7, 11) is 1.83. The summed E-state index contributed by atoms with van der Waals surface area (Å²) in [5.74, 6) is 0.888. The zero-order chi connectivity index (χ0) is 17.0. The van der Waals surface area contributed by atoms with Crippen molar-refractivity contribution in [3.05, 3.63) is 21.9 Å². The number of hydrogen-bond acceptors (Lipinski definition) is 3. The van der Waals surface area contributed by atoms with E-state index in [2.05, 4.69) is 34.7 Å². The van der Waals surface area contributed by atoms with Crippen molar-refractivity contribution >= 4 is 17.3 Å². The summed E-state index contributed by atoms with van der Waals surface area (Å²) in [5.41, 5.74) is 0. The molecule has 0 bridgehead atoms. The maximum absolute atomic E-state index is 5.97. The lowest BCUT2D eigenvalue weighted by molar-refractivity contribution is 0.0264. The zero-order valence-electron chi connectivity index (χ0n) is 15.3. The van der Waals surface area contributed by atoms with E-state index in [0.717, 1.165) is 32.1 Å². The minimum atomic E-state index is 0.542. The first-order chi connectivity index (χ1) is 11.8. The van der Waals surface area contributed by atoms with Gasteiger partial charge in [-0.3, -0.25) is 4.99 Å². The lowest BCUT2D eigenvalue weighted by atomic mass is 9.98. The van der Waals surface area contributed by atoms with Gasteiger partial charge in [-0.25, -0.2) is 0 Å². The Hall–Kier alpha value is -1.07. The standard InChI is InChI=1S/C19H33N3OS/c1-16-11-12-18(24-16)15-22-19(20-2)21-13-7-4-8-14-23-17-9-5-3-6-10-17/h11-12,17H,3-10,13-15H2,1-2H3,(H2,20,21,22). The number of unbranched alkanes of at least 4 members (excludes halogenated alkanes) is 2. The molecule has 1 fully saturated rings. The van der Waals surface area contributed by atoms with E-state index in [9.17, 15) is 0 Å². The Morgan fingerprint density at radius 2 is 2.00 bits per heavy atom. The Morgan fingerprint density at radius 3 is 2.71 bits per heavy atom. The molecule has 0 aromatic carbocycles. The van der Waals surface area contributed by atoms with E-state index in [1.165, 1.54) is 54.7 Å². The third-order valence-corrected chi connectivity index (χ3v) is 5.47. The lowest BCUT2D eigenvalue weighted by Gasteiger charge is -2.21. The summed E-state index contributed by atoms with van der Waals surface area (Å²) < 4.78 is 5.97. The van der Waals surface area contributed by atoms with Gasteiger partial charge >= 0.3 is 0 Å². The summed E-state index contributed by atoms with van der Waals surface area (Å²) in [5, 5.41) is 6.76. The van der Waals surface area contributed by atoms with Gasteiger partial charge in [0.1, 0.15) is 0 Å². The summed E-state index contributed by atoms with van der Waals surface area (Å²) >= 11 is 1.83. The second-order valence-corrected chi connectivity index (χ2v) is 7.93. The van der Waals surface area contributed by atoms with Crippen LogP contribution in [-0.4, -0.2) is 32.3 Å². The molecule has 24 heavy (non-hydrogen) atoms. The van der Waals surface area contributed by atoms with Crippen LogP contribution >= 0.6 is 11.3 Å². The quantitative estimate of drug-likeness (QED) is 0.397. The molecule has 0 unspecified atom stereocenters. The topological polar surface area (TPSA) is 45.7 Å². The van der Waals surface area contributed by atoms with Crippen molar-refractivity contribution in [2.24, 2.45) is 4.99 Å². The first-order valence-electron chi connectivity index (χ1n) is 9.39. The monoisotopic (exact) mass is 351 g/mol. The van der Waals surface area contributed by atoms with Gasteiger partial charge in [0.05, 0.1) is 12.6 Å². The highest BCUT2D eigenvalue weighted by Crippen LogP contribution is 2.20. The minimum Gasteiger partial charge on any atom is -0.378 e. The Balaban J connectivity index is 1.46. The number of aliphatic imine (C=N–C) groups is 1. The molecule has 1 heterocycles. The highest BCUT2D eigenvalue weighted by Gasteiger charge is 2.12. The maximum Gasteiger partial charge on any atom is 0.191 e. The van der Waals surface area contributed by atoms with E-state index in [0.29, 0.717) is 6.10 Å².